The maximum atomic E-state index is 6.62. The fourth-order valence-corrected chi connectivity index (χ4v) is 3.35. The highest BCUT2D eigenvalue weighted by Gasteiger charge is 2.16. The maximum absolute atomic E-state index is 6.62. The highest BCUT2D eigenvalue weighted by Crippen LogP contribution is 2.37. The van der Waals surface area contributed by atoms with Crippen LogP contribution in [0.1, 0.15) is 22.1 Å². The van der Waals surface area contributed by atoms with E-state index in [0.29, 0.717) is 0 Å². The van der Waals surface area contributed by atoms with Crippen LogP contribution in [0, 0.1) is 6.92 Å². The van der Waals surface area contributed by atoms with Gasteiger partial charge in [-0.2, -0.15) is 0 Å². The van der Waals surface area contributed by atoms with Crippen LogP contribution < -0.4 is 4.74 Å². The lowest BCUT2D eigenvalue weighted by atomic mass is 10.00. The number of methoxy groups -OCH3 is 1. The molecule has 0 aliphatic rings. The Morgan fingerprint density at radius 2 is 1.79 bits per heavy atom. The predicted molar refractivity (Wildman–Crippen MR) is 87.3 cm³/mol. The van der Waals surface area contributed by atoms with Crippen molar-refractivity contribution in [1.82, 2.24) is 0 Å². The van der Waals surface area contributed by atoms with Crippen LogP contribution in [0.15, 0.2) is 45.3 Å². The summed E-state index contributed by atoms with van der Waals surface area (Å²) in [6.07, 6.45) is 0. The van der Waals surface area contributed by atoms with Gasteiger partial charge in [-0.3, -0.25) is 0 Å². The molecule has 0 aromatic heterocycles. The van der Waals surface area contributed by atoms with Crippen molar-refractivity contribution in [2.75, 3.05) is 7.11 Å². The van der Waals surface area contributed by atoms with Crippen LogP contribution in [0.3, 0.4) is 0 Å². The summed E-state index contributed by atoms with van der Waals surface area (Å²) in [5, 5.41) is -0.196. The Labute approximate surface area is 135 Å². The van der Waals surface area contributed by atoms with Crippen molar-refractivity contribution in [1.29, 1.82) is 0 Å². The fraction of sp³-hybridized carbons (Fsp3) is 0.200. The predicted octanol–water partition coefficient (Wildman–Crippen LogP) is 5.86. The Bertz CT molecular complexity index is 599. The van der Waals surface area contributed by atoms with Crippen LogP contribution in [0.2, 0.25) is 0 Å². The van der Waals surface area contributed by atoms with Gasteiger partial charge in [0, 0.05) is 8.95 Å². The van der Waals surface area contributed by atoms with Crippen molar-refractivity contribution in [2.24, 2.45) is 0 Å². The van der Waals surface area contributed by atoms with Gasteiger partial charge in [-0.15, -0.1) is 11.6 Å². The molecule has 100 valence electrons. The van der Waals surface area contributed by atoms with Gasteiger partial charge >= 0.3 is 0 Å². The molecule has 0 saturated heterocycles. The molecule has 0 fully saturated rings. The lowest BCUT2D eigenvalue weighted by Gasteiger charge is -2.16. The summed E-state index contributed by atoms with van der Waals surface area (Å²) in [7, 11) is 1.66. The normalized spacial score (nSPS) is 12.3. The molecule has 2 rings (SSSR count). The van der Waals surface area contributed by atoms with Crippen LogP contribution >= 0.6 is 43.5 Å². The standard InChI is InChI=1S/C15H13Br2ClO/c1-9-7-11(19-2)4-5-12(9)15(18)13-8-10(16)3-6-14(13)17/h3-8,15H,1-2H3. The Morgan fingerprint density at radius 3 is 2.42 bits per heavy atom. The van der Waals surface area contributed by atoms with E-state index in [1.165, 1.54) is 0 Å². The van der Waals surface area contributed by atoms with Gasteiger partial charge in [0.25, 0.3) is 0 Å². The number of aryl methyl sites for hydroxylation is 1. The van der Waals surface area contributed by atoms with E-state index in [2.05, 4.69) is 31.9 Å². The Balaban J connectivity index is 2.43. The van der Waals surface area contributed by atoms with Gasteiger partial charge < -0.3 is 4.74 Å². The molecule has 0 aliphatic carbocycles. The zero-order valence-corrected chi connectivity index (χ0v) is 14.5. The molecule has 1 atom stereocenters. The molecule has 2 aromatic carbocycles. The first-order chi connectivity index (χ1) is 9.02. The second kappa shape index (κ2) is 6.29. The summed E-state index contributed by atoms with van der Waals surface area (Å²) in [6.45, 7) is 2.04. The summed E-state index contributed by atoms with van der Waals surface area (Å²) < 4.78 is 7.24. The quantitative estimate of drug-likeness (QED) is 0.583. The van der Waals surface area contributed by atoms with E-state index in [1.807, 2.05) is 43.3 Å². The zero-order chi connectivity index (χ0) is 14.0. The van der Waals surface area contributed by atoms with Gasteiger partial charge in [0.2, 0.25) is 0 Å². The van der Waals surface area contributed by atoms with E-state index in [1.54, 1.807) is 7.11 Å². The summed E-state index contributed by atoms with van der Waals surface area (Å²) >= 11 is 13.6. The van der Waals surface area contributed by atoms with Crippen LogP contribution in [-0.2, 0) is 0 Å². The smallest absolute Gasteiger partial charge is 0.119 e. The molecule has 0 saturated carbocycles. The largest absolute Gasteiger partial charge is 0.497 e. The third-order valence-electron chi connectivity index (χ3n) is 2.98. The third kappa shape index (κ3) is 3.33. The molecular weight excluding hydrogens is 391 g/mol. The highest BCUT2D eigenvalue weighted by molar-refractivity contribution is 9.11. The first-order valence-electron chi connectivity index (χ1n) is 5.76. The maximum Gasteiger partial charge on any atom is 0.119 e. The zero-order valence-electron chi connectivity index (χ0n) is 10.6. The van der Waals surface area contributed by atoms with Gasteiger partial charge in [-0.1, -0.05) is 37.9 Å². The first kappa shape index (κ1) is 14.9. The number of alkyl halides is 1. The Morgan fingerprint density at radius 1 is 1.05 bits per heavy atom. The lowest BCUT2D eigenvalue weighted by molar-refractivity contribution is 0.414. The molecule has 0 bridgehead atoms. The van der Waals surface area contributed by atoms with Crippen LogP contribution in [0.5, 0.6) is 5.75 Å². The molecule has 0 radical (unpaired) electrons. The second-order valence-electron chi connectivity index (χ2n) is 4.25. The molecular formula is C15H13Br2ClO. The van der Waals surface area contributed by atoms with Gasteiger partial charge in [-0.25, -0.2) is 0 Å². The lowest BCUT2D eigenvalue weighted by Crippen LogP contribution is -1.98. The van der Waals surface area contributed by atoms with E-state index in [-0.39, 0.29) is 5.38 Å². The number of ether oxygens (including phenoxy) is 1. The topological polar surface area (TPSA) is 9.23 Å². The number of hydrogen-bond acceptors (Lipinski definition) is 1. The van der Waals surface area contributed by atoms with Crippen LogP contribution in [-0.4, -0.2) is 7.11 Å². The molecule has 0 aliphatic heterocycles. The number of hydrogen-bond donors (Lipinski definition) is 0. The number of benzene rings is 2. The average molecular weight is 405 g/mol. The molecule has 1 unspecified atom stereocenters. The summed E-state index contributed by atoms with van der Waals surface area (Å²) in [4.78, 5) is 0. The Kier molecular flexibility index (Phi) is 4.93. The summed E-state index contributed by atoms with van der Waals surface area (Å²) in [5.41, 5.74) is 3.25. The third-order valence-corrected chi connectivity index (χ3v) is 4.67. The fourth-order valence-electron chi connectivity index (χ4n) is 1.94. The van der Waals surface area contributed by atoms with Gasteiger partial charge in [0.05, 0.1) is 12.5 Å². The molecule has 2 aromatic rings. The minimum atomic E-state index is -0.196. The molecule has 1 nitrogen and oxygen atoms in total. The number of halogens is 3. The first-order valence-corrected chi connectivity index (χ1v) is 7.78. The minimum absolute atomic E-state index is 0.196. The highest BCUT2D eigenvalue weighted by atomic mass is 79.9. The Hall–Kier alpha value is -0.510. The van der Waals surface area contributed by atoms with Gasteiger partial charge in [0.15, 0.2) is 0 Å². The van der Waals surface area contributed by atoms with Crippen LogP contribution in [0.25, 0.3) is 0 Å². The monoisotopic (exact) mass is 402 g/mol. The van der Waals surface area contributed by atoms with Crippen molar-refractivity contribution in [2.45, 2.75) is 12.3 Å². The van der Waals surface area contributed by atoms with E-state index in [0.717, 1.165) is 31.4 Å². The molecule has 0 amide bonds. The minimum Gasteiger partial charge on any atom is -0.497 e. The van der Waals surface area contributed by atoms with E-state index < -0.39 is 0 Å². The van der Waals surface area contributed by atoms with E-state index in [9.17, 15) is 0 Å². The van der Waals surface area contributed by atoms with E-state index >= 15 is 0 Å². The van der Waals surface area contributed by atoms with Gasteiger partial charge in [0.1, 0.15) is 5.75 Å². The molecule has 0 spiro atoms. The molecule has 0 heterocycles. The van der Waals surface area contributed by atoms with Crippen molar-refractivity contribution in [3.63, 3.8) is 0 Å². The molecule has 19 heavy (non-hydrogen) atoms. The van der Waals surface area contributed by atoms with Gasteiger partial charge in [-0.05, 0) is 53.9 Å². The van der Waals surface area contributed by atoms with Crippen molar-refractivity contribution in [3.05, 3.63) is 62.0 Å². The van der Waals surface area contributed by atoms with Crippen LogP contribution in [0.4, 0.5) is 0 Å². The molecule has 0 N–H and O–H groups in total. The van der Waals surface area contributed by atoms with Crippen molar-refractivity contribution >= 4 is 43.5 Å². The average Bonchev–Trinajstić information content (AvgIpc) is 2.40. The second-order valence-corrected chi connectivity index (χ2v) is 6.46. The SMILES string of the molecule is COc1ccc(C(Cl)c2cc(Br)ccc2Br)c(C)c1. The van der Waals surface area contributed by atoms with Crippen molar-refractivity contribution in [3.8, 4) is 5.75 Å². The summed E-state index contributed by atoms with van der Waals surface area (Å²) in [5.74, 6) is 0.846. The van der Waals surface area contributed by atoms with Crippen molar-refractivity contribution < 1.29 is 4.74 Å². The summed E-state index contributed by atoms with van der Waals surface area (Å²) in [6, 6.07) is 12.0. The molecule has 4 heteroatoms. The van der Waals surface area contributed by atoms with E-state index in [4.69, 9.17) is 16.3 Å². The number of rotatable bonds is 3.